The van der Waals surface area contributed by atoms with Gasteiger partial charge >= 0.3 is 11.9 Å². The average molecular weight is 382 g/mol. The Kier molecular flexibility index (Phi) is 12.3. The number of carboxylic acids is 2. The van der Waals surface area contributed by atoms with Gasteiger partial charge in [0.15, 0.2) is 0 Å². The molecule has 0 aliphatic carbocycles. The molecule has 26 heavy (non-hydrogen) atoms. The van der Waals surface area contributed by atoms with Gasteiger partial charge in [-0.1, -0.05) is 42.0 Å². The first kappa shape index (κ1) is 23.4. The lowest BCUT2D eigenvalue weighted by Gasteiger charge is -2.19. The van der Waals surface area contributed by atoms with Crippen molar-refractivity contribution in [2.75, 3.05) is 26.2 Å². The van der Waals surface area contributed by atoms with E-state index in [9.17, 15) is 0 Å². The topological polar surface area (TPSA) is 87.1 Å². The van der Waals surface area contributed by atoms with Gasteiger partial charge in [0.1, 0.15) is 12.4 Å². The van der Waals surface area contributed by atoms with Crippen LogP contribution in [0.3, 0.4) is 0 Å². The summed E-state index contributed by atoms with van der Waals surface area (Å²) >= 11 is 6.20. The molecule has 0 radical (unpaired) electrons. The smallest absolute Gasteiger partial charge is 0.414 e. The van der Waals surface area contributed by atoms with Crippen LogP contribution in [-0.4, -0.2) is 53.3 Å². The summed E-state index contributed by atoms with van der Waals surface area (Å²) < 4.78 is 5.85. The fourth-order valence-electron chi connectivity index (χ4n) is 1.93. The van der Waals surface area contributed by atoms with Gasteiger partial charge in [-0.25, -0.2) is 9.59 Å². The first-order valence-electron chi connectivity index (χ1n) is 7.78. The summed E-state index contributed by atoms with van der Waals surface area (Å²) in [5.74, 6) is -2.89. The number of halogens is 1. The molecular formula is C19H24ClNO5. The molecule has 7 heteroatoms. The van der Waals surface area contributed by atoms with Crippen LogP contribution in [0.25, 0.3) is 0 Å². The molecule has 1 rings (SSSR count). The van der Waals surface area contributed by atoms with Gasteiger partial charge in [-0.2, -0.15) is 0 Å². The quantitative estimate of drug-likeness (QED) is 0.477. The second-order valence-corrected chi connectivity index (χ2v) is 5.42. The Balaban J connectivity index is 0.000000896. The van der Waals surface area contributed by atoms with Gasteiger partial charge in [-0.05, 0) is 18.1 Å². The molecule has 1 aromatic carbocycles. The van der Waals surface area contributed by atoms with Crippen molar-refractivity contribution in [3.05, 3.63) is 66.8 Å². The van der Waals surface area contributed by atoms with E-state index in [2.05, 4.69) is 24.6 Å². The maximum Gasteiger partial charge on any atom is 0.414 e. The Morgan fingerprint density at radius 2 is 1.65 bits per heavy atom. The molecule has 0 aliphatic heterocycles. The zero-order valence-corrected chi connectivity index (χ0v) is 15.3. The summed E-state index contributed by atoms with van der Waals surface area (Å²) in [6, 6.07) is 5.78. The molecule has 2 N–H and O–H groups in total. The number of para-hydroxylation sites is 1. The molecule has 0 spiro atoms. The fraction of sp³-hybridized carbons (Fsp3) is 0.263. The van der Waals surface area contributed by atoms with E-state index in [-0.39, 0.29) is 0 Å². The van der Waals surface area contributed by atoms with Crippen LogP contribution in [0.4, 0.5) is 0 Å². The van der Waals surface area contributed by atoms with E-state index in [0.29, 0.717) is 11.6 Å². The standard InChI is InChI=1S/C17H22ClNO.C2H2O4/c1-4-8-15-9-7-10-16(18)17(15)20-14-13-19(11-5-2)12-6-3;3-1(4)2(5)6/h4-7,9-10H,1-3,8,11-14H2;(H,3,4)(H,5,6). The molecule has 0 fully saturated rings. The van der Waals surface area contributed by atoms with E-state index in [1.165, 1.54) is 0 Å². The molecule has 0 unspecified atom stereocenters. The first-order chi connectivity index (χ1) is 12.4. The molecule has 0 saturated heterocycles. The largest absolute Gasteiger partial charge is 0.490 e. The fourth-order valence-corrected chi connectivity index (χ4v) is 2.18. The Morgan fingerprint density at radius 1 is 1.08 bits per heavy atom. The number of aliphatic carboxylic acids is 2. The Morgan fingerprint density at radius 3 is 2.12 bits per heavy atom. The van der Waals surface area contributed by atoms with Gasteiger partial charge in [0.2, 0.25) is 0 Å². The molecule has 0 aliphatic rings. The number of hydrogen-bond acceptors (Lipinski definition) is 4. The zero-order chi connectivity index (χ0) is 19.9. The molecular weight excluding hydrogens is 358 g/mol. The third-order valence-corrected chi connectivity index (χ3v) is 3.32. The monoisotopic (exact) mass is 381 g/mol. The second-order valence-electron chi connectivity index (χ2n) is 5.02. The maximum absolute atomic E-state index is 9.10. The Hall–Kier alpha value is -2.57. The number of allylic oxidation sites excluding steroid dienone is 1. The highest BCUT2D eigenvalue weighted by molar-refractivity contribution is 6.32. The maximum atomic E-state index is 9.10. The molecule has 0 atom stereocenters. The average Bonchev–Trinajstić information content (AvgIpc) is 2.58. The molecule has 6 nitrogen and oxygen atoms in total. The molecule has 0 heterocycles. The lowest BCUT2D eigenvalue weighted by Crippen LogP contribution is -2.28. The molecule has 0 aromatic heterocycles. The third-order valence-electron chi connectivity index (χ3n) is 3.02. The van der Waals surface area contributed by atoms with E-state index in [1.54, 1.807) is 0 Å². The Bertz CT molecular complexity index is 608. The summed E-state index contributed by atoms with van der Waals surface area (Å²) in [4.78, 5) is 20.4. The number of nitrogens with zero attached hydrogens (tertiary/aromatic N) is 1. The minimum absolute atomic E-state index is 0.579. The van der Waals surface area contributed by atoms with E-state index in [4.69, 9.17) is 36.1 Å². The molecule has 0 saturated carbocycles. The van der Waals surface area contributed by atoms with Gasteiger partial charge in [0.05, 0.1) is 5.02 Å². The highest BCUT2D eigenvalue weighted by atomic mass is 35.5. The molecule has 0 bridgehead atoms. The minimum Gasteiger partial charge on any atom is -0.490 e. The van der Waals surface area contributed by atoms with Crippen LogP contribution in [0.2, 0.25) is 5.02 Å². The van der Waals surface area contributed by atoms with Crippen molar-refractivity contribution in [3.8, 4) is 5.75 Å². The van der Waals surface area contributed by atoms with Crippen LogP contribution < -0.4 is 4.74 Å². The highest BCUT2D eigenvalue weighted by Gasteiger charge is 2.08. The molecule has 1 aromatic rings. The lowest BCUT2D eigenvalue weighted by atomic mass is 10.1. The summed E-state index contributed by atoms with van der Waals surface area (Å²) in [6.07, 6.45) is 6.35. The van der Waals surface area contributed by atoms with Gasteiger partial charge in [-0.15, -0.1) is 19.7 Å². The summed E-state index contributed by atoms with van der Waals surface area (Å²) in [6.45, 7) is 14.3. The van der Waals surface area contributed by atoms with E-state index in [1.807, 2.05) is 36.4 Å². The van der Waals surface area contributed by atoms with E-state index < -0.39 is 11.9 Å². The molecule has 142 valence electrons. The number of rotatable bonds is 10. The number of ether oxygens (including phenoxy) is 1. The van der Waals surface area contributed by atoms with Crippen molar-refractivity contribution >= 4 is 23.5 Å². The number of hydrogen-bond donors (Lipinski definition) is 2. The van der Waals surface area contributed by atoms with Crippen LogP contribution in [0, 0.1) is 0 Å². The van der Waals surface area contributed by atoms with Crippen LogP contribution in [-0.2, 0) is 16.0 Å². The van der Waals surface area contributed by atoms with E-state index >= 15 is 0 Å². The van der Waals surface area contributed by atoms with Crippen molar-refractivity contribution < 1.29 is 24.5 Å². The number of carbonyl (C=O) groups is 2. The highest BCUT2D eigenvalue weighted by Crippen LogP contribution is 2.29. The van der Waals surface area contributed by atoms with Crippen molar-refractivity contribution in [1.29, 1.82) is 0 Å². The second kappa shape index (κ2) is 13.7. The third kappa shape index (κ3) is 9.66. The summed E-state index contributed by atoms with van der Waals surface area (Å²) in [7, 11) is 0. The normalized spacial score (nSPS) is 9.62. The van der Waals surface area contributed by atoms with Crippen LogP contribution in [0.5, 0.6) is 5.75 Å². The zero-order valence-electron chi connectivity index (χ0n) is 14.6. The predicted molar refractivity (Wildman–Crippen MR) is 103 cm³/mol. The lowest BCUT2D eigenvalue weighted by molar-refractivity contribution is -0.159. The van der Waals surface area contributed by atoms with Gasteiger partial charge < -0.3 is 14.9 Å². The van der Waals surface area contributed by atoms with Crippen LogP contribution in [0.15, 0.2) is 56.2 Å². The Labute approximate surface area is 158 Å². The minimum atomic E-state index is -1.82. The predicted octanol–water partition coefficient (Wildman–Crippen LogP) is 3.28. The van der Waals surface area contributed by atoms with Gasteiger partial charge in [0, 0.05) is 19.6 Å². The summed E-state index contributed by atoms with van der Waals surface area (Å²) in [5.41, 5.74) is 1.06. The first-order valence-corrected chi connectivity index (χ1v) is 8.16. The van der Waals surface area contributed by atoms with Crippen LogP contribution >= 0.6 is 11.6 Å². The van der Waals surface area contributed by atoms with Gasteiger partial charge in [0.25, 0.3) is 0 Å². The van der Waals surface area contributed by atoms with Crippen molar-refractivity contribution in [3.63, 3.8) is 0 Å². The number of benzene rings is 1. The van der Waals surface area contributed by atoms with E-state index in [0.717, 1.165) is 37.4 Å². The number of carboxylic acid groups (broad SMARTS) is 2. The SMILES string of the molecule is C=CCc1cccc(Cl)c1OCCN(CC=C)CC=C.O=C(O)C(=O)O. The van der Waals surface area contributed by atoms with Crippen molar-refractivity contribution in [1.82, 2.24) is 4.90 Å². The van der Waals surface area contributed by atoms with Crippen molar-refractivity contribution in [2.45, 2.75) is 6.42 Å². The van der Waals surface area contributed by atoms with Crippen LogP contribution in [0.1, 0.15) is 5.56 Å². The van der Waals surface area contributed by atoms with Gasteiger partial charge in [-0.3, -0.25) is 4.90 Å². The summed E-state index contributed by atoms with van der Waals surface area (Å²) in [5, 5.41) is 15.4. The molecule has 0 amide bonds. The van der Waals surface area contributed by atoms with Crippen molar-refractivity contribution in [2.24, 2.45) is 0 Å².